The highest BCUT2D eigenvalue weighted by atomic mass is 16.5. The van der Waals surface area contributed by atoms with Crippen molar-refractivity contribution in [2.75, 3.05) is 0 Å². The zero-order valence-corrected chi connectivity index (χ0v) is 22.8. The van der Waals surface area contributed by atoms with E-state index >= 15 is 0 Å². The molecule has 2 aliphatic rings. The van der Waals surface area contributed by atoms with Crippen LogP contribution in [0, 0.1) is 22.7 Å². The van der Waals surface area contributed by atoms with Crippen LogP contribution >= 0.6 is 0 Å². The van der Waals surface area contributed by atoms with Crippen LogP contribution in [0.15, 0.2) is 114 Å². The maximum Gasteiger partial charge on any atom is 0.135 e. The highest BCUT2D eigenvalue weighted by Gasteiger charge is 2.40. The zero-order chi connectivity index (χ0) is 28.7. The first-order valence-electron chi connectivity index (χ1n) is 14.2. The molecule has 2 aromatic heterocycles. The molecule has 0 fully saturated rings. The fourth-order valence-electron chi connectivity index (χ4n) is 6.97. The Balaban J connectivity index is 1.27. The zero-order valence-electron chi connectivity index (χ0n) is 22.8. The van der Waals surface area contributed by atoms with Crippen LogP contribution in [-0.2, 0) is 0 Å². The summed E-state index contributed by atoms with van der Waals surface area (Å²) >= 11 is 0. The molecule has 9 rings (SSSR count). The second kappa shape index (κ2) is 8.73. The number of nitriles is 2. The van der Waals surface area contributed by atoms with E-state index in [9.17, 15) is 10.5 Å². The number of nitrogens with zero attached hydrogens (tertiary/aromatic N) is 3. The van der Waals surface area contributed by atoms with E-state index in [1.807, 2.05) is 48.5 Å². The van der Waals surface area contributed by atoms with Crippen molar-refractivity contribution >= 4 is 38.9 Å². The molecule has 5 nitrogen and oxygen atoms in total. The molecule has 1 aliphatic heterocycles. The molecule has 5 aromatic carbocycles. The standard InChI is InChI=1S/C38H21N3O2/c39-20-22-12-15-33-29(18-22)28-14-17-35-36(38(28)43-33)30-19-23(13-16-34(30)42-35)25-9-5-6-24(21-40)37(25)41-31-10-3-1-7-26(31)27-8-2-4-11-32(27)41/h1-19,35-36H. The van der Waals surface area contributed by atoms with Crippen molar-refractivity contribution in [3.05, 3.63) is 137 Å². The van der Waals surface area contributed by atoms with Crippen molar-refractivity contribution in [1.82, 2.24) is 4.57 Å². The van der Waals surface area contributed by atoms with Gasteiger partial charge in [-0.05, 0) is 60.2 Å². The third-order valence-corrected chi connectivity index (χ3v) is 8.83. The second-order valence-electron chi connectivity index (χ2n) is 11.1. The lowest BCUT2D eigenvalue weighted by Crippen LogP contribution is -2.19. The molecule has 0 N–H and O–H groups in total. The average Bonchev–Trinajstić information content (AvgIpc) is 3.73. The molecule has 5 heteroatoms. The van der Waals surface area contributed by atoms with E-state index in [1.165, 1.54) is 0 Å². The van der Waals surface area contributed by atoms with E-state index in [-0.39, 0.29) is 12.0 Å². The Labute approximate surface area is 246 Å². The lowest BCUT2D eigenvalue weighted by Gasteiger charge is -2.19. The minimum atomic E-state index is -0.184. The van der Waals surface area contributed by atoms with E-state index in [4.69, 9.17) is 9.15 Å². The minimum absolute atomic E-state index is 0.122. The molecule has 3 heterocycles. The van der Waals surface area contributed by atoms with Gasteiger partial charge in [-0.25, -0.2) is 0 Å². The molecule has 0 bridgehead atoms. The predicted octanol–water partition coefficient (Wildman–Crippen LogP) is 8.86. The Morgan fingerprint density at radius 3 is 2.28 bits per heavy atom. The molecule has 0 saturated carbocycles. The minimum Gasteiger partial charge on any atom is -0.485 e. The first-order valence-corrected chi connectivity index (χ1v) is 14.2. The van der Waals surface area contributed by atoms with Gasteiger partial charge in [0.05, 0.1) is 39.8 Å². The van der Waals surface area contributed by atoms with Gasteiger partial charge in [0, 0.05) is 32.8 Å². The number of hydrogen-bond donors (Lipinski definition) is 0. The highest BCUT2D eigenvalue weighted by Crippen LogP contribution is 2.50. The Morgan fingerprint density at radius 2 is 1.51 bits per heavy atom. The normalized spacial score (nSPS) is 16.4. The monoisotopic (exact) mass is 551 g/mol. The van der Waals surface area contributed by atoms with E-state index in [2.05, 4.69) is 77.4 Å². The quantitative estimate of drug-likeness (QED) is 0.215. The van der Waals surface area contributed by atoms with E-state index in [0.717, 1.165) is 72.2 Å². The topological polar surface area (TPSA) is 74.9 Å². The molecular weight excluding hydrogens is 530 g/mol. The largest absolute Gasteiger partial charge is 0.485 e. The van der Waals surface area contributed by atoms with Gasteiger partial charge in [0.1, 0.15) is 29.3 Å². The van der Waals surface area contributed by atoms with Crippen molar-refractivity contribution in [1.29, 1.82) is 10.5 Å². The van der Waals surface area contributed by atoms with Crippen LogP contribution in [-0.4, -0.2) is 10.7 Å². The van der Waals surface area contributed by atoms with Crippen molar-refractivity contribution in [3.63, 3.8) is 0 Å². The number of fused-ring (bicyclic) bond motifs is 10. The SMILES string of the molecule is N#Cc1ccc2oc3c(c2c1)C=CC1Oc2ccc(-c4cccc(C#N)c4-n4c5ccccc5c5ccccc54)cc2C31. The fourth-order valence-corrected chi connectivity index (χ4v) is 6.97. The third-order valence-electron chi connectivity index (χ3n) is 8.83. The molecule has 200 valence electrons. The van der Waals surface area contributed by atoms with Crippen LogP contribution < -0.4 is 4.74 Å². The maximum atomic E-state index is 10.3. The molecule has 0 amide bonds. The summed E-state index contributed by atoms with van der Waals surface area (Å²) in [6, 6.07) is 39.2. The van der Waals surface area contributed by atoms with Gasteiger partial charge in [-0.2, -0.15) is 10.5 Å². The number of para-hydroxylation sites is 3. The molecule has 0 saturated heterocycles. The van der Waals surface area contributed by atoms with Gasteiger partial charge < -0.3 is 13.7 Å². The molecule has 2 unspecified atom stereocenters. The number of rotatable bonds is 2. The van der Waals surface area contributed by atoms with Crippen LogP contribution in [0.2, 0.25) is 0 Å². The first-order chi connectivity index (χ1) is 21.2. The number of hydrogen-bond acceptors (Lipinski definition) is 4. The summed E-state index contributed by atoms with van der Waals surface area (Å²) in [5.74, 6) is 1.55. The van der Waals surface area contributed by atoms with Crippen molar-refractivity contribution in [3.8, 4) is 34.7 Å². The molecule has 0 spiro atoms. The second-order valence-corrected chi connectivity index (χ2v) is 11.1. The van der Waals surface area contributed by atoms with Crippen LogP contribution in [0.1, 0.15) is 33.9 Å². The summed E-state index contributed by atoms with van der Waals surface area (Å²) in [6.45, 7) is 0. The Kier molecular flexibility index (Phi) is 4.80. The van der Waals surface area contributed by atoms with Crippen LogP contribution in [0.25, 0.3) is 55.7 Å². The summed E-state index contributed by atoms with van der Waals surface area (Å²) in [5.41, 5.74) is 8.93. The smallest absolute Gasteiger partial charge is 0.135 e. The predicted molar refractivity (Wildman–Crippen MR) is 167 cm³/mol. The number of furan rings is 1. The lowest BCUT2D eigenvalue weighted by molar-refractivity contribution is 0.256. The van der Waals surface area contributed by atoms with Crippen molar-refractivity contribution < 1.29 is 9.15 Å². The highest BCUT2D eigenvalue weighted by molar-refractivity contribution is 6.10. The molecule has 1 aliphatic carbocycles. The Morgan fingerprint density at radius 1 is 0.721 bits per heavy atom. The van der Waals surface area contributed by atoms with Gasteiger partial charge in [-0.3, -0.25) is 0 Å². The number of benzene rings is 5. The number of aromatic nitrogens is 1. The Hall–Kier alpha value is -6.04. The van der Waals surface area contributed by atoms with Crippen LogP contribution in [0.3, 0.4) is 0 Å². The summed E-state index contributed by atoms with van der Waals surface area (Å²) in [7, 11) is 0. The number of ether oxygens (including phenoxy) is 1. The molecular formula is C38H21N3O2. The molecule has 2 atom stereocenters. The third kappa shape index (κ3) is 3.25. The lowest BCUT2D eigenvalue weighted by atomic mass is 9.85. The van der Waals surface area contributed by atoms with E-state index in [1.54, 1.807) is 6.07 Å². The average molecular weight is 552 g/mol. The molecule has 7 aromatic rings. The van der Waals surface area contributed by atoms with E-state index < -0.39 is 0 Å². The van der Waals surface area contributed by atoms with Gasteiger partial charge in [-0.15, -0.1) is 0 Å². The summed E-state index contributed by atoms with van der Waals surface area (Å²) in [5, 5.41) is 23.0. The summed E-state index contributed by atoms with van der Waals surface area (Å²) in [6.07, 6.45) is 3.95. The van der Waals surface area contributed by atoms with Crippen molar-refractivity contribution in [2.24, 2.45) is 0 Å². The van der Waals surface area contributed by atoms with Gasteiger partial charge in [0.2, 0.25) is 0 Å². The summed E-state index contributed by atoms with van der Waals surface area (Å²) < 4.78 is 15.1. The van der Waals surface area contributed by atoms with E-state index in [0.29, 0.717) is 11.1 Å². The van der Waals surface area contributed by atoms with Gasteiger partial charge in [-0.1, -0.05) is 60.7 Å². The first kappa shape index (κ1) is 23.6. The Bertz CT molecular complexity index is 2380. The summed E-state index contributed by atoms with van der Waals surface area (Å²) in [4.78, 5) is 0. The molecule has 43 heavy (non-hydrogen) atoms. The molecule has 0 radical (unpaired) electrons. The van der Waals surface area contributed by atoms with Crippen LogP contribution in [0.5, 0.6) is 5.75 Å². The van der Waals surface area contributed by atoms with Crippen LogP contribution in [0.4, 0.5) is 0 Å². The van der Waals surface area contributed by atoms with Gasteiger partial charge >= 0.3 is 0 Å². The fraction of sp³-hybridized carbons (Fsp3) is 0.0526. The maximum absolute atomic E-state index is 10.3. The van der Waals surface area contributed by atoms with Gasteiger partial charge in [0.15, 0.2) is 0 Å². The van der Waals surface area contributed by atoms with Gasteiger partial charge in [0.25, 0.3) is 0 Å². The van der Waals surface area contributed by atoms with Crippen molar-refractivity contribution in [2.45, 2.75) is 12.0 Å².